The molecule has 0 spiro atoms. The average molecular weight is 278 g/mol. The summed E-state index contributed by atoms with van der Waals surface area (Å²) >= 11 is 0. The van der Waals surface area contributed by atoms with Crippen molar-refractivity contribution in [2.24, 2.45) is 0 Å². The molecular formula is C15H22N2O3. The fraction of sp³-hybridized carbons (Fsp3) is 0.467. The summed E-state index contributed by atoms with van der Waals surface area (Å²) in [6, 6.07) is 6.73. The molecule has 0 atom stereocenters. The molecule has 0 saturated heterocycles. The number of carbonyl (C=O) groups is 2. The zero-order valence-electron chi connectivity index (χ0n) is 12.6. The summed E-state index contributed by atoms with van der Waals surface area (Å²) in [5.74, 6) is -0.135. The number of carbonyl (C=O) groups excluding carboxylic acids is 2. The molecule has 0 aliphatic heterocycles. The highest BCUT2D eigenvalue weighted by Crippen LogP contribution is 2.13. The van der Waals surface area contributed by atoms with Gasteiger partial charge in [-0.25, -0.2) is 4.79 Å². The first-order valence-corrected chi connectivity index (χ1v) is 6.58. The van der Waals surface area contributed by atoms with Crippen LogP contribution in [0, 0.1) is 0 Å². The van der Waals surface area contributed by atoms with Gasteiger partial charge >= 0.3 is 6.09 Å². The highest BCUT2D eigenvalue weighted by atomic mass is 16.6. The predicted octanol–water partition coefficient (Wildman–Crippen LogP) is 3.17. The molecule has 20 heavy (non-hydrogen) atoms. The SMILES string of the molecule is CC(C)NC(=O)c1ccc(NC(=O)OC(C)(C)C)cc1. The Morgan fingerprint density at radius 2 is 1.65 bits per heavy atom. The highest BCUT2D eigenvalue weighted by molar-refractivity contribution is 5.95. The molecule has 0 unspecified atom stereocenters. The topological polar surface area (TPSA) is 67.4 Å². The van der Waals surface area contributed by atoms with Gasteiger partial charge in [-0.2, -0.15) is 0 Å². The van der Waals surface area contributed by atoms with Crippen molar-refractivity contribution in [3.8, 4) is 0 Å². The first-order valence-electron chi connectivity index (χ1n) is 6.58. The molecule has 0 aromatic heterocycles. The molecule has 0 aliphatic rings. The maximum atomic E-state index is 11.8. The number of rotatable bonds is 3. The number of ether oxygens (including phenoxy) is 1. The van der Waals surface area contributed by atoms with Gasteiger partial charge in [0, 0.05) is 17.3 Å². The van der Waals surface area contributed by atoms with E-state index in [1.165, 1.54) is 0 Å². The Balaban J connectivity index is 2.63. The summed E-state index contributed by atoms with van der Waals surface area (Å²) in [5, 5.41) is 5.41. The Morgan fingerprint density at radius 3 is 2.10 bits per heavy atom. The van der Waals surface area contributed by atoms with Crippen LogP contribution in [-0.2, 0) is 4.74 Å². The molecule has 1 aromatic carbocycles. The first-order chi connectivity index (χ1) is 9.17. The molecule has 5 heteroatoms. The Labute approximate surface area is 119 Å². The summed E-state index contributed by atoms with van der Waals surface area (Å²) < 4.78 is 5.14. The van der Waals surface area contributed by atoms with Crippen LogP contribution in [-0.4, -0.2) is 23.6 Å². The summed E-state index contributed by atoms with van der Waals surface area (Å²) in [4.78, 5) is 23.3. The van der Waals surface area contributed by atoms with Gasteiger partial charge in [0.15, 0.2) is 0 Å². The van der Waals surface area contributed by atoms with Crippen LogP contribution >= 0.6 is 0 Å². The van der Waals surface area contributed by atoms with E-state index in [9.17, 15) is 9.59 Å². The van der Waals surface area contributed by atoms with Crippen molar-refractivity contribution < 1.29 is 14.3 Å². The Bertz CT molecular complexity index is 473. The van der Waals surface area contributed by atoms with E-state index in [1.807, 2.05) is 13.8 Å². The van der Waals surface area contributed by atoms with Gasteiger partial charge in [-0.15, -0.1) is 0 Å². The largest absolute Gasteiger partial charge is 0.444 e. The number of hydrogen-bond donors (Lipinski definition) is 2. The number of hydrogen-bond acceptors (Lipinski definition) is 3. The van der Waals surface area contributed by atoms with E-state index in [0.717, 1.165) is 0 Å². The lowest BCUT2D eigenvalue weighted by molar-refractivity contribution is 0.0635. The van der Waals surface area contributed by atoms with Crippen molar-refractivity contribution >= 4 is 17.7 Å². The van der Waals surface area contributed by atoms with Crippen molar-refractivity contribution in [3.05, 3.63) is 29.8 Å². The van der Waals surface area contributed by atoms with Crippen molar-refractivity contribution in [1.29, 1.82) is 0 Å². The zero-order chi connectivity index (χ0) is 15.3. The van der Waals surface area contributed by atoms with Crippen LogP contribution in [0.1, 0.15) is 45.0 Å². The molecule has 0 heterocycles. The lowest BCUT2D eigenvalue weighted by Crippen LogP contribution is -2.30. The normalized spacial score (nSPS) is 11.1. The predicted molar refractivity (Wildman–Crippen MR) is 78.9 cm³/mol. The van der Waals surface area contributed by atoms with Gasteiger partial charge in [-0.05, 0) is 58.9 Å². The molecule has 2 amide bonds. The summed E-state index contributed by atoms with van der Waals surface area (Å²) in [7, 11) is 0. The van der Waals surface area contributed by atoms with Gasteiger partial charge in [0.05, 0.1) is 0 Å². The minimum absolute atomic E-state index is 0.0852. The van der Waals surface area contributed by atoms with Crippen molar-refractivity contribution in [2.75, 3.05) is 5.32 Å². The van der Waals surface area contributed by atoms with Crippen molar-refractivity contribution in [3.63, 3.8) is 0 Å². The lowest BCUT2D eigenvalue weighted by atomic mass is 10.2. The van der Waals surface area contributed by atoms with Gasteiger partial charge in [0.2, 0.25) is 0 Å². The first kappa shape index (κ1) is 16.0. The van der Waals surface area contributed by atoms with Crippen molar-refractivity contribution in [1.82, 2.24) is 5.32 Å². The molecule has 110 valence electrons. The average Bonchev–Trinajstić information content (AvgIpc) is 2.26. The van der Waals surface area contributed by atoms with Gasteiger partial charge in [-0.1, -0.05) is 0 Å². The number of benzene rings is 1. The van der Waals surface area contributed by atoms with E-state index in [0.29, 0.717) is 11.3 Å². The fourth-order valence-corrected chi connectivity index (χ4v) is 1.47. The van der Waals surface area contributed by atoms with Crippen LogP contribution in [0.3, 0.4) is 0 Å². The minimum atomic E-state index is -0.541. The molecular weight excluding hydrogens is 256 g/mol. The van der Waals surface area contributed by atoms with Gasteiger partial charge in [0.25, 0.3) is 5.91 Å². The molecule has 0 aliphatic carbocycles. The lowest BCUT2D eigenvalue weighted by Gasteiger charge is -2.19. The Kier molecular flexibility index (Phi) is 5.13. The zero-order valence-corrected chi connectivity index (χ0v) is 12.6. The van der Waals surface area contributed by atoms with Gasteiger partial charge in [0.1, 0.15) is 5.60 Å². The van der Waals surface area contributed by atoms with E-state index >= 15 is 0 Å². The Morgan fingerprint density at radius 1 is 1.10 bits per heavy atom. The molecule has 1 rings (SSSR count). The van der Waals surface area contributed by atoms with Crippen molar-refractivity contribution in [2.45, 2.75) is 46.3 Å². The smallest absolute Gasteiger partial charge is 0.412 e. The van der Waals surface area contributed by atoms with Gasteiger partial charge < -0.3 is 10.1 Å². The second-order valence-electron chi connectivity index (χ2n) is 5.83. The summed E-state index contributed by atoms with van der Waals surface area (Å²) in [5.41, 5.74) is 0.593. The fourth-order valence-electron chi connectivity index (χ4n) is 1.47. The van der Waals surface area contributed by atoms with E-state index in [1.54, 1.807) is 45.0 Å². The highest BCUT2D eigenvalue weighted by Gasteiger charge is 2.16. The monoisotopic (exact) mass is 278 g/mol. The second kappa shape index (κ2) is 6.41. The van der Waals surface area contributed by atoms with E-state index in [2.05, 4.69) is 10.6 Å². The third kappa shape index (κ3) is 5.73. The third-order valence-corrected chi connectivity index (χ3v) is 2.21. The minimum Gasteiger partial charge on any atom is -0.444 e. The van der Waals surface area contributed by atoms with Crippen LogP contribution in [0.2, 0.25) is 0 Å². The van der Waals surface area contributed by atoms with Crippen LogP contribution in [0.15, 0.2) is 24.3 Å². The Hall–Kier alpha value is -2.04. The third-order valence-electron chi connectivity index (χ3n) is 2.21. The molecule has 2 N–H and O–H groups in total. The summed E-state index contributed by atoms with van der Waals surface area (Å²) in [6.45, 7) is 9.19. The van der Waals surface area contributed by atoms with Crippen LogP contribution in [0.4, 0.5) is 10.5 Å². The molecule has 5 nitrogen and oxygen atoms in total. The second-order valence-corrected chi connectivity index (χ2v) is 5.83. The summed E-state index contributed by atoms with van der Waals surface area (Å²) in [6.07, 6.45) is -0.517. The van der Waals surface area contributed by atoms with E-state index in [-0.39, 0.29) is 11.9 Å². The van der Waals surface area contributed by atoms with Crippen LogP contribution < -0.4 is 10.6 Å². The van der Waals surface area contributed by atoms with E-state index in [4.69, 9.17) is 4.74 Å². The number of amides is 2. The quantitative estimate of drug-likeness (QED) is 0.892. The van der Waals surface area contributed by atoms with Gasteiger partial charge in [-0.3, -0.25) is 10.1 Å². The molecule has 0 fully saturated rings. The van der Waals surface area contributed by atoms with Crippen LogP contribution in [0.5, 0.6) is 0 Å². The maximum Gasteiger partial charge on any atom is 0.412 e. The molecule has 0 saturated carbocycles. The maximum absolute atomic E-state index is 11.8. The molecule has 0 bridgehead atoms. The number of anilines is 1. The van der Waals surface area contributed by atoms with E-state index < -0.39 is 11.7 Å². The number of nitrogens with one attached hydrogen (secondary N) is 2. The molecule has 1 aromatic rings. The molecule has 0 radical (unpaired) electrons. The standard InChI is InChI=1S/C15H22N2O3/c1-10(2)16-13(18)11-6-8-12(9-7-11)17-14(19)20-15(3,4)5/h6-10H,1-5H3,(H,16,18)(H,17,19). The van der Waals surface area contributed by atoms with Crippen LogP contribution in [0.25, 0.3) is 0 Å².